The summed E-state index contributed by atoms with van der Waals surface area (Å²) in [6.07, 6.45) is 18.3. The third-order valence-electron chi connectivity index (χ3n) is 6.85. The van der Waals surface area contributed by atoms with Crippen molar-refractivity contribution in [2.75, 3.05) is 6.61 Å². The number of rotatable bonds is 11. The van der Waals surface area contributed by atoms with E-state index in [0.717, 1.165) is 47.2 Å². The summed E-state index contributed by atoms with van der Waals surface area (Å²) in [5.74, 6) is 2.45. The van der Waals surface area contributed by atoms with Gasteiger partial charge in [0.2, 0.25) is 0 Å². The maximum atomic E-state index is 5.90. The van der Waals surface area contributed by atoms with Crippen LogP contribution in [0.4, 0.5) is 0 Å². The van der Waals surface area contributed by atoms with Crippen LogP contribution in [0, 0.1) is 0 Å². The van der Waals surface area contributed by atoms with Gasteiger partial charge in [0.1, 0.15) is 5.75 Å². The molecule has 4 rings (SSSR count). The molecule has 1 aliphatic carbocycles. The number of benzene rings is 2. The Morgan fingerprint density at radius 3 is 2.03 bits per heavy atom. The van der Waals surface area contributed by atoms with Crippen LogP contribution in [0.25, 0.3) is 22.5 Å². The molecule has 1 saturated carbocycles. The van der Waals surface area contributed by atoms with Gasteiger partial charge in [0.25, 0.3) is 0 Å². The summed E-state index contributed by atoms with van der Waals surface area (Å²) < 4.78 is 5.90. The zero-order valence-corrected chi connectivity index (χ0v) is 20.1. The first kappa shape index (κ1) is 23.5. The fraction of sp³-hybridized carbons (Fsp3) is 0.467. The molecule has 0 unspecified atom stereocenters. The standard InChI is InChI=1S/C30H38N2O/c1-2-3-4-5-6-10-21-33-29-19-17-26(18-20-29)28-22-31-30(32-23-28)27-15-13-25(14-16-27)24-11-8-7-9-12-24/h13-20,22-24H,2-12,21H2,1H3. The minimum atomic E-state index is 0.730. The van der Waals surface area contributed by atoms with E-state index in [2.05, 4.69) is 53.3 Å². The Kier molecular flexibility index (Phi) is 8.91. The van der Waals surface area contributed by atoms with Crippen LogP contribution in [0.15, 0.2) is 60.9 Å². The van der Waals surface area contributed by atoms with Crippen molar-refractivity contribution in [2.45, 2.75) is 83.5 Å². The monoisotopic (exact) mass is 442 g/mol. The van der Waals surface area contributed by atoms with E-state index in [1.54, 1.807) is 0 Å². The maximum absolute atomic E-state index is 5.90. The van der Waals surface area contributed by atoms with Gasteiger partial charge in [0.05, 0.1) is 6.61 Å². The number of nitrogens with zero attached hydrogens (tertiary/aromatic N) is 2. The molecule has 3 nitrogen and oxygen atoms in total. The largest absolute Gasteiger partial charge is 0.494 e. The maximum Gasteiger partial charge on any atom is 0.159 e. The lowest BCUT2D eigenvalue weighted by Crippen LogP contribution is -2.04. The highest BCUT2D eigenvalue weighted by molar-refractivity contribution is 5.64. The van der Waals surface area contributed by atoms with E-state index in [0.29, 0.717) is 0 Å². The molecule has 1 heterocycles. The van der Waals surface area contributed by atoms with Gasteiger partial charge in [0, 0.05) is 23.5 Å². The summed E-state index contributed by atoms with van der Waals surface area (Å²) >= 11 is 0. The summed E-state index contributed by atoms with van der Waals surface area (Å²) in [7, 11) is 0. The van der Waals surface area contributed by atoms with Gasteiger partial charge in [-0.15, -0.1) is 0 Å². The molecule has 174 valence electrons. The molecule has 0 atom stereocenters. The SMILES string of the molecule is CCCCCCCCOc1ccc(-c2cnc(-c3ccc(C4CCCCC4)cc3)nc2)cc1. The van der Waals surface area contributed by atoms with Crippen molar-refractivity contribution >= 4 is 0 Å². The van der Waals surface area contributed by atoms with Crippen LogP contribution in [-0.4, -0.2) is 16.6 Å². The summed E-state index contributed by atoms with van der Waals surface area (Å²) in [6, 6.07) is 17.2. The van der Waals surface area contributed by atoms with Crippen molar-refractivity contribution in [1.29, 1.82) is 0 Å². The van der Waals surface area contributed by atoms with Gasteiger partial charge in [-0.3, -0.25) is 0 Å². The molecule has 0 bridgehead atoms. The number of aromatic nitrogens is 2. The van der Waals surface area contributed by atoms with E-state index < -0.39 is 0 Å². The predicted molar refractivity (Wildman–Crippen MR) is 138 cm³/mol. The van der Waals surface area contributed by atoms with E-state index in [1.807, 2.05) is 24.5 Å². The van der Waals surface area contributed by atoms with Gasteiger partial charge < -0.3 is 4.74 Å². The number of ether oxygens (including phenoxy) is 1. The van der Waals surface area contributed by atoms with Crippen LogP contribution in [0.1, 0.15) is 89.0 Å². The lowest BCUT2D eigenvalue weighted by molar-refractivity contribution is 0.304. The van der Waals surface area contributed by atoms with E-state index in [4.69, 9.17) is 4.74 Å². The van der Waals surface area contributed by atoms with Crippen molar-refractivity contribution < 1.29 is 4.74 Å². The summed E-state index contributed by atoms with van der Waals surface area (Å²) in [6.45, 7) is 3.05. The van der Waals surface area contributed by atoms with Crippen molar-refractivity contribution in [3.8, 4) is 28.3 Å². The second-order valence-corrected chi connectivity index (χ2v) is 9.39. The topological polar surface area (TPSA) is 35.0 Å². The molecule has 0 amide bonds. The smallest absolute Gasteiger partial charge is 0.159 e. The highest BCUT2D eigenvalue weighted by atomic mass is 16.5. The molecule has 33 heavy (non-hydrogen) atoms. The Morgan fingerprint density at radius 1 is 0.697 bits per heavy atom. The molecule has 2 aromatic carbocycles. The molecule has 3 aromatic rings. The van der Waals surface area contributed by atoms with Crippen LogP contribution in [0.5, 0.6) is 5.75 Å². The third-order valence-corrected chi connectivity index (χ3v) is 6.85. The number of hydrogen-bond donors (Lipinski definition) is 0. The average Bonchev–Trinajstić information content (AvgIpc) is 2.89. The van der Waals surface area contributed by atoms with Gasteiger partial charge >= 0.3 is 0 Å². The highest BCUT2D eigenvalue weighted by Gasteiger charge is 2.15. The Morgan fingerprint density at radius 2 is 1.33 bits per heavy atom. The molecule has 0 N–H and O–H groups in total. The highest BCUT2D eigenvalue weighted by Crippen LogP contribution is 2.33. The Hall–Kier alpha value is -2.68. The van der Waals surface area contributed by atoms with Crippen LogP contribution >= 0.6 is 0 Å². The molecule has 1 aromatic heterocycles. The lowest BCUT2D eigenvalue weighted by atomic mass is 9.84. The van der Waals surface area contributed by atoms with Crippen LogP contribution in [-0.2, 0) is 0 Å². The summed E-state index contributed by atoms with van der Waals surface area (Å²) in [4.78, 5) is 9.28. The Bertz CT molecular complexity index is 942. The second-order valence-electron chi connectivity index (χ2n) is 9.39. The van der Waals surface area contributed by atoms with Gasteiger partial charge in [-0.2, -0.15) is 0 Å². The van der Waals surface area contributed by atoms with Crippen molar-refractivity contribution in [3.05, 3.63) is 66.5 Å². The van der Waals surface area contributed by atoms with Gasteiger partial charge in [-0.1, -0.05) is 94.7 Å². The second kappa shape index (κ2) is 12.5. The van der Waals surface area contributed by atoms with Crippen molar-refractivity contribution in [1.82, 2.24) is 9.97 Å². The third kappa shape index (κ3) is 6.90. The molecular weight excluding hydrogens is 404 g/mol. The average molecular weight is 443 g/mol. The minimum Gasteiger partial charge on any atom is -0.494 e. The molecule has 1 fully saturated rings. The minimum absolute atomic E-state index is 0.730. The van der Waals surface area contributed by atoms with Gasteiger partial charge in [0.15, 0.2) is 5.82 Å². The quantitative estimate of drug-likeness (QED) is 0.279. The zero-order valence-electron chi connectivity index (χ0n) is 20.1. The first-order valence-corrected chi connectivity index (χ1v) is 13.0. The molecule has 3 heteroatoms. The van der Waals surface area contributed by atoms with Crippen LogP contribution < -0.4 is 4.74 Å². The van der Waals surface area contributed by atoms with Crippen LogP contribution in [0.3, 0.4) is 0 Å². The summed E-state index contributed by atoms with van der Waals surface area (Å²) in [5, 5.41) is 0. The van der Waals surface area contributed by atoms with E-state index in [9.17, 15) is 0 Å². The molecule has 0 aliphatic heterocycles. The lowest BCUT2D eigenvalue weighted by Gasteiger charge is -2.22. The van der Waals surface area contributed by atoms with Crippen molar-refractivity contribution in [2.24, 2.45) is 0 Å². The van der Waals surface area contributed by atoms with Gasteiger partial charge in [-0.05, 0) is 48.4 Å². The van der Waals surface area contributed by atoms with Crippen molar-refractivity contribution in [3.63, 3.8) is 0 Å². The normalized spacial score (nSPS) is 14.3. The fourth-order valence-corrected chi connectivity index (χ4v) is 4.78. The summed E-state index contributed by atoms with van der Waals surface area (Å²) in [5.41, 5.74) is 4.69. The predicted octanol–water partition coefficient (Wildman–Crippen LogP) is 8.60. The van der Waals surface area contributed by atoms with E-state index in [-0.39, 0.29) is 0 Å². The number of hydrogen-bond acceptors (Lipinski definition) is 3. The van der Waals surface area contributed by atoms with E-state index >= 15 is 0 Å². The number of unbranched alkanes of at least 4 members (excludes halogenated alkanes) is 5. The first-order valence-electron chi connectivity index (χ1n) is 13.0. The van der Waals surface area contributed by atoms with Crippen LogP contribution in [0.2, 0.25) is 0 Å². The van der Waals surface area contributed by atoms with E-state index in [1.165, 1.54) is 69.8 Å². The van der Waals surface area contributed by atoms with Gasteiger partial charge in [-0.25, -0.2) is 9.97 Å². The zero-order chi connectivity index (χ0) is 22.7. The molecule has 0 radical (unpaired) electrons. The molecular formula is C30H38N2O. The molecule has 1 aliphatic rings. The molecule has 0 spiro atoms. The Balaban J connectivity index is 1.29. The first-order chi connectivity index (χ1) is 16.3. The molecule has 0 saturated heterocycles. The fourth-order valence-electron chi connectivity index (χ4n) is 4.78. The Labute approximate surface area is 199 Å².